The maximum Gasteiger partial charge on any atom is 0.255 e. The molecule has 120 valence electrons. The first-order chi connectivity index (χ1) is 11.1. The van der Waals surface area contributed by atoms with Gasteiger partial charge in [-0.3, -0.25) is 9.59 Å². The molecule has 23 heavy (non-hydrogen) atoms. The smallest absolute Gasteiger partial charge is 0.255 e. The molecule has 1 aliphatic heterocycles. The number of hydrogen-bond acceptors (Lipinski definition) is 4. The molecule has 2 aromatic rings. The van der Waals surface area contributed by atoms with Crippen LogP contribution < -0.4 is 5.32 Å². The maximum atomic E-state index is 12.5. The monoisotopic (exact) mass is 313 g/mol. The molecule has 0 aromatic carbocycles. The second-order valence-corrected chi connectivity index (χ2v) is 6.43. The predicted octanol–water partition coefficient (Wildman–Crippen LogP) is 1.19. The third kappa shape index (κ3) is 2.91. The minimum atomic E-state index is -0.218. The standard InChI is InChI=1S/C16H19N5O2/c1-9(6-13(22)21-4-5-21)19-16(23)11-7-17-15-14(11)20-12(8-18-15)10-2-3-10/h7-10H,2-6H2,1H3,(H,17,18)(H,19,23). The summed E-state index contributed by atoms with van der Waals surface area (Å²) in [5.74, 6) is 0.360. The number of carbonyl (C=O) groups excluding carboxylic acids is 2. The lowest BCUT2D eigenvalue weighted by atomic mass is 10.2. The van der Waals surface area contributed by atoms with Gasteiger partial charge >= 0.3 is 0 Å². The molecule has 1 unspecified atom stereocenters. The Morgan fingerprint density at radius 1 is 1.43 bits per heavy atom. The van der Waals surface area contributed by atoms with Crippen molar-refractivity contribution in [1.29, 1.82) is 0 Å². The van der Waals surface area contributed by atoms with Crippen LogP contribution in [-0.2, 0) is 4.79 Å². The molecule has 0 bridgehead atoms. The lowest BCUT2D eigenvalue weighted by Gasteiger charge is -2.13. The summed E-state index contributed by atoms with van der Waals surface area (Å²) in [6.07, 6.45) is 6.02. The lowest BCUT2D eigenvalue weighted by molar-refractivity contribution is -0.126. The van der Waals surface area contributed by atoms with E-state index in [2.05, 4.69) is 20.3 Å². The quantitative estimate of drug-likeness (QED) is 0.811. The number of aromatic amines is 1. The summed E-state index contributed by atoms with van der Waals surface area (Å²) in [6.45, 7) is 3.51. The van der Waals surface area contributed by atoms with Gasteiger partial charge in [0, 0.05) is 37.7 Å². The number of nitrogens with zero attached hydrogens (tertiary/aromatic N) is 3. The van der Waals surface area contributed by atoms with E-state index in [4.69, 9.17) is 0 Å². The second kappa shape index (κ2) is 5.33. The van der Waals surface area contributed by atoms with Crippen molar-refractivity contribution in [2.45, 2.75) is 38.1 Å². The predicted molar refractivity (Wildman–Crippen MR) is 84.0 cm³/mol. The highest BCUT2D eigenvalue weighted by Gasteiger charge is 2.28. The number of hydrogen-bond donors (Lipinski definition) is 2. The molecule has 2 N–H and O–H groups in total. The van der Waals surface area contributed by atoms with Crippen molar-refractivity contribution in [3.63, 3.8) is 0 Å². The fourth-order valence-corrected chi connectivity index (χ4v) is 2.70. The van der Waals surface area contributed by atoms with E-state index >= 15 is 0 Å². The summed E-state index contributed by atoms with van der Waals surface area (Å²) < 4.78 is 0. The molecule has 1 saturated carbocycles. The molecule has 7 heteroatoms. The summed E-state index contributed by atoms with van der Waals surface area (Å²) in [5.41, 5.74) is 2.67. The zero-order valence-corrected chi connectivity index (χ0v) is 13.0. The molecule has 7 nitrogen and oxygen atoms in total. The first kappa shape index (κ1) is 14.2. The molecule has 2 aliphatic rings. The van der Waals surface area contributed by atoms with Crippen molar-refractivity contribution in [2.24, 2.45) is 0 Å². The Bertz CT molecular complexity index is 776. The van der Waals surface area contributed by atoms with Crippen molar-refractivity contribution in [3.8, 4) is 0 Å². The van der Waals surface area contributed by atoms with Gasteiger partial charge in [0.15, 0.2) is 5.65 Å². The number of H-pyrrole nitrogens is 1. The van der Waals surface area contributed by atoms with Gasteiger partial charge in [-0.15, -0.1) is 0 Å². The van der Waals surface area contributed by atoms with Gasteiger partial charge in [-0.05, 0) is 19.8 Å². The molecule has 4 rings (SSSR count). The lowest BCUT2D eigenvalue weighted by Crippen LogP contribution is -2.35. The van der Waals surface area contributed by atoms with Gasteiger partial charge in [0.05, 0.1) is 17.5 Å². The first-order valence-electron chi connectivity index (χ1n) is 8.04. The maximum absolute atomic E-state index is 12.5. The van der Waals surface area contributed by atoms with E-state index in [0.29, 0.717) is 29.1 Å². The SMILES string of the molecule is CC(CC(=O)N1CC1)NC(=O)c1c[nH]c2ncc(C3CC3)nc12. The van der Waals surface area contributed by atoms with Crippen LogP contribution in [0.2, 0.25) is 0 Å². The highest BCUT2D eigenvalue weighted by atomic mass is 16.2. The van der Waals surface area contributed by atoms with E-state index in [1.165, 1.54) is 0 Å². The molecular formula is C16H19N5O2. The summed E-state index contributed by atoms with van der Waals surface area (Å²) >= 11 is 0. The van der Waals surface area contributed by atoms with E-state index in [1.54, 1.807) is 17.3 Å². The number of rotatable bonds is 5. The molecule has 2 amide bonds. The van der Waals surface area contributed by atoms with Gasteiger partial charge in [-0.1, -0.05) is 0 Å². The van der Waals surface area contributed by atoms with Crippen LogP contribution in [0.3, 0.4) is 0 Å². The van der Waals surface area contributed by atoms with Crippen LogP contribution in [-0.4, -0.2) is 50.8 Å². The minimum absolute atomic E-state index is 0.0903. The molecule has 1 atom stereocenters. The Labute approximate surface area is 133 Å². The zero-order valence-electron chi connectivity index (χ0n) is 13.0. The number of fused-ring (bicyclic) bond motifs is 1. The Morgan fingerprint density at radius 3 is 2.91 bits per heavy atom. The average Bonchev–Trinajstić information content (AvgIpc) is 3.41. The van der Waals surface area contributed by atoms with Crippen molar-refractivity contribution in [3.05, 3.63) is 23.7 Å². The highest BCUT2D eigenvalue weighted by molar-refractivity contribution is 6.04. The first-order valence-corrected chi connectivity index (χ1v) is 8.04. The van der Waals surface area contributed by atoms with E-state index in [9.17, 15) is 9.59 Å². The highest BCUT2D eigenvalue weighted by Crippen LogP contribution is 2.39. The molecule has 1 saturated heterocycles. The van der Waals surface area contributed by atoms with E-state index in [1.807, 2.05) is 6.92 Å². The van der Waals surface area contributed by atoms with Crippen LogP contribution in [0.4, 0.5) is 0 Å². The van der Waals surface area contributed by atoms with E-state index in [-0.39, 0.29) is 17.9 Å². The number of amides is 2. The van der Waals surface area contributed by atoms with Crippen LogP contribution in [0.1, 0.15) is 48.2 Å². The topological polar surface area (TPSA) is 90.8 Å². The second-order valence-electron chi connectivity index (χ2n) is 6.43. The molecule has 1 aliphatic carbocycles. The van der Waals surface area contributed by atoms with Crippen molar-refractivity contribution in [1.82, 2.24) is 25.2 Å². The van der Waals surface area contributed by atoms with Gasteiger partial charge in [-0.25, -0.2) is 9.97 Å². The summed E-state index contributed by atoms with van der Waals surface area (Å²) in [4.78, 5) is 37.9. The van der Waals surface area contributed by atoms with Gasteiger partial charge in [-0.2, -0.15) is 0 Å². The molecule has 2 fully saturated rings. The normalized spacial score (nSPS) is 18.0. The Morgan fingerprint density at radius 2 is 2.22 bits per heavy atom. The zero-order chi connectivity index (χ0) is 16.0. The van der Waals surface area contributed by atoms with Crippen molar-refractivity contribution >= 4 is 23.0 Å². The molecule has 2 aromatic heterocycles. The molecule has 0 radical (unpaired) electrons. The summed E-state index contributed by atoms with van der Waals surface area (Å²) in [7, 11) is 0. The van der Waals surface area contributed by atoms with Crippen LogP contribution in [0, 0.1) is 0 Å². The number of carbonyl (C=O) groups is 2. The van der Waals surface area contributed by atoms with Crippen LogP contribution in [0.15, 0.2) is 12.4 Å². The third-order valence-corrected chi connectivity index (χ3v) is 4.30. The molecular weight excluding hydrogens is 294 g/mol. The van der Waals surface area contributed by atoms with Crippen molar-refractivity contribution in [2.75, 3.05) is 13.1 Å². The fourth-order valence-electron chi connectivity index (χ4n) is 2.70. The van der Waals surface area contributed by atoms with E-state index < -0.39 is 0 Å². The van der Waals surface area contributed by atoms with Crippen LogP contribution in [0.25, 0.3) is 11.2 Å². The van der Waals surface area contributed by atoms with Crippen LogP contribution in [0.5, 0.6) is 0 Å². The average molecular weight is 313 g/mol. The summed E-state index contributed by atoms with van der Waals surface area (Å²) in [6, 6.07) is -0.208. The van der Waals surface area contributed by atoms with Crippen molar-refractivity contribution < 1.29 is 9.59 Å². The Kier molecular flexibility index (Phi) is 3.28. The number of aromatic nitrogens is 3. The Balaban J connectivity index is 1.49. The van der Waals surface area contributed by atoms with Crippen LogP contribution >= 0.6 is 0 Å². The summed E-state index contributed by atoms with van der Waals surface area (Å²) in [5, 5.41) is 2.88. The van der Waals surface area contributed by atoms with Gasteiger partial charge in [0.2, 0.25) is 5.91 Å². The van der Waals surface area contributed by atoms with Gasteiger partial charge in [0.1, 0.15) is 5.52 Å². The van der Waals surface area contributed by atoms with Gasteiger partial charge < -0.3 is 15.2 Å². The molecule has 0 spiro atoms. The third-order valence-electron chi connectivity index (χ3n) is 4.30. The minimum Gasteiger partial charge on any atom is -0.349 e. The largest absolute Gasteiger partial charge is 0.349 e. The van der Waals surface area contributed by atoms with E-state index in [0.717, 1.165) is 31.6 Å². The molecule has 3 heterocycles. The van der Waals surface area contributed by atoms with Gasteiger partial charge in [0.25, 0.3) is 5.91 Å². The fraction of sp³-hybridized carbons (Fsp3) is 0.500. The Hall–Kier alpha value is -2.44. The number of nitrogens with one attached hydrogen (secondary N) is 2.